The van der Waals surface area contributed by atoms with E-state index in [2.05, 4.69) is 6.92 Å². The third-order valence-corrected chi connectivity index (χ3v) is 2.10. The first-order valence-corrected chi connectivity index (χ1v) is 4.84. The van der Waals surface area contributed by atoms with Crippen LogP contribution in [0.25, 0.3) is 0 Å². The lowest BCUT2D eigenvalue weighted by atomic mass is 10.0. The molecular weight excluding hydrogens is 160 g/mol. The number of benzene rings is 1. The van der Waals surface area contributed by atoms with Gasteiger partial charge in [-0.05, 0) is 19.4 Å². The molecule has 0 unspecified atom stereocenters. The smallest absolute Gasteiger partial charge is 0.162 e. The fraction of sp³-hybridized carbons (Fsp3) is 0.417. The maximum atomic E-state index is 11.6. The number of hydrogen-bond donors (Lipinski definition) is 0. The second-order valence-electron chi connectivity index (χ2n) is 3.40. The number of unbranched alkanes of at least 4 members (excludes halogenated alkanes) is 1. The van der Waals surface area contributed by atoms with Gasteiger partial charge in [-0.3, -0.25) is 4.79 Å². The highest BCUT2D eigenvalue weighted by Gasteiger charge is 2.03. The van der Waals surface area contributed by atoms with E-state index in [4.69, 9.17) is 0 Å². The minimum absolute atomic E-state index is 0.269. The summed E-state index contributed by atoms with van der Waals surface area (Å²) in [5, 5.41) is 0. The third kappa shape index (κ3) is 3.02. The van der Waals surface area contributed by atoms with Crippen molar-refractivity contribution in [1.82, 2.24) is 0 Å². The molecule has 0 atom stereocenters. The van der Waals surface area contributed by atoms with Crippen molar-refractivity contribution in [2.45, 2.75) is 33.1 Å². The standard InChI is InChI=1S/C12H16O/c1-3-4-8-12(13)11-7-5-6-10(2)9-11/h5-7,9H,3-4,8H2,1-2H3. The van der Waals surface area contributed by atoms with Crippen LogP contribution in [0.2, 0.25) is 0 Å². The highest BCUT2D eigenvalue weighted by atomic mass is 16.1. The van der Waals surface area contributed by atoms with E-state index in [1.807, 2.05) is 31.2 Å². The number of rotatable bonds is 4. The summed E-state index contributed by atoms with van der Waals surface area (Å²) in [5.41, 5.74) is 2.01. The van der Waals surface area contributed by atoms with Gasteiger partial charge in [0.25, 0.3) is 0 Å². The zero-order valence-electron chi connectivity index (χ0n) is 8.34. The number of carbonyl (C=O) groups excluding carboxylic acids is 1. The first-order valence-electron chi connectivity index (χ1n) is 4.84. The van der Waals surface area contributed by atoms with Crippen molar-refractivity contribution in [2.75, 3.05) is 0 Å². The fourth-order valence-electron chi connectivity index (χ4n) is 1.30. The molecule has 0 aliphatic heterocycles. The first-order chi connectivity index (χ1) is 6.24. The van der Waals surface area contributed by atoms with Crippen LogP contribution < -0.4 is 0 Å². The Kier molecular flexibility index (Phi) is 3.69. The predicted molar refractivity (Wildman–Crippen MR) is 55.0 cm³/mol. The average molecular weight is 176 g/mol. The number of carbonyl (C=O) groups is 1. The maximum Gasteiger partial charge on any atom is 0.162 e. The molecule has 0 spiro atoms. The van der Waals surface area contributed by atoms with Gasteiger partial charge in [0.1, 0.15) is 0 Å². The summed E-state index contributed by atoms with van der Waals surface area (Å²) in [6.45, 7) is 4.11. The van der Waals surface area contributed by atoms with Crippen molar-refractivity contribution < 1.29 is 4.79 Å². The second-order valence-corrected chi connectivity index (χ2v) is 3.40. The van der Waals surface area contributed by atoms with Crippen LogP contribution in [0.1, 0.15) is 42.1 Å². The zero-order chi connectivity index (χ0) is 9.68. The Bertz CT molecular complexity index is 289. The maximum absolute atomic E-state index is 11.6. The molecule has 0 aliphatic rings. The molecule has 0 N–H and O–H groups in total. The molecule has 0 fully saturated rings. The number of hydrogen-bond acceptors (Lipinski definition) is 1. The van der Waals surface area contributed by atoms with E-state index in [0.29, 0.717) is 6.42 Å². The normalized spacial score (nSPS) is 10.0. The molecule has 1 rings (SSSR count). The predicted octanol–water partition coefficient (Wildman–Crippen LogP) is 3.37. The summed E-state index contributed by atoms with van der Waals surface area (Å²) < 4.78 is 0. The molecule has 1 aromatic rings. The summed E-state index contributed by atoms with van der Waals surface area (Å²) in [6, 6.07) is 7.80. The Morgan fingerprint density at radius 1 is 1.38 bits per heavy atom. The Hall–Kier alpha value is -1.11. The van der Waals surface area contributed by atoms with Crippen LogP contribution in [0.5, 0.6) is 0 Å². The Morgan fingerprint density at radius 3 is 2.77 bits per heavy atom. The van der Waals surface area contributed by atoms with Gasteiger partial charge in [-0.25, -0.2) is 0 Å². The van der Waals surface area contributed by atoms with E-state index >= 15 is 0 Å². The van der Waals surface area contributed by atoms with Crippen LogP contribution in [0.3, 0.4) is 0 Å². The fourth-order valence-corrected chi connectivity index (χ4v) is 1.30. The highest BCUT2D eigenvalue weighted by Crippen LogP contribution is 2.08. The van der Waals surface area contributed by atoms with Gasteiger partial charge in [-0.15, -0.1) is 0 Å². The van der Waals surface area contributed by atoms with Crippen molar-refractivity contribution >= 4 is 5.78 Å². The third-order valence-electron chi connectivity index (χ3n) is 2.10. The van der Waals surface area contributed by atoms with Gasteiger partial charge in [0.15, 0.2) is 5.78 Å². The molecule has 0 heterocycles. The Morgan fingerprint density at radius 2 is 2.15 bits per heavy atom. The van der Waals surface area contributed by atoms with Crippen molar-refractivity contribution in [3.05, 3.63) is 35.4 Å². The molecule has 1 heteroatoms. The van der Waals surface area contributed by atoms with Crippen molar-refractivity contribution in [1.29, 1.82) is 0 Å². The summed E-state index contributed by atoms with van der Waals surface area (Å²) in [7, 11) is 0. The van der Waals surface area contributed by atoms with Gasteiger partial charge in [-0.2, -0.15) is 0 Å². The number of ketones is 1. The topological polar surface area (TPSA) is 17.1 Å². The van der Waals surface area contributed by atoms with E-state index in [1.165, 1.54) is 0 Å². The molecule has 0 saturated heterocycles. The van der Waals surface area contributed by atoms with E-state index in [1.54, 1.807) is 0 Å². The van der Waals surface area contributed by atoms with E-state index in [0.717, 1.165) is 24.0 Å². The molecule has 0 radical (unpaired) electrons. The monoisotopic (exact) mass is 176 g/mol. The van der Waals surface area contributed by atoms with Gasteiger partial charge in [0.05, 0.1) is 0 Å². The molecule has 0 aliphatic carbocycles. The van der Waals surface area contributed by atoms with Gasteiger partial charge in [0.2, 0.25) is 0 Å². The van der Waals surface area contributed by atoms with Crippen LogP contribution in [0, 0.1) is 6.92 Å². The molecule has 1 aromatic carbocycles. The molecular formula is C12H16O. The molecule has 0 aromatic heterocycles. The SMILES string of the molecule is CCCCC(=O)c1cccc(C)c1. The number of aryl methyl sites for hydroxylation is 1. The van der Waals surface area contributed by atoms with E-state index < -0.39 is 0 Å². The van der Waals surface area contributed by atoms with Crippen LogP contribution in [0.15, 0.2) is 24.3 Å². The Labute approximate surface area is 79.8 Å². The summed E-state index contributed by atoms with van der Waals surface area (Å²) in [6.07, 6.45) is 2.75. The largest absolute Gasteiger partial charge is 0.294 e. The first kappa shape index (κ1) is 9.97. The molecule has 0 saturated carbocycles. The highest BCUT2D eigenvalue weighted by molar-refractivity contribution is 5.96. The molecule has 13 heavy (non-hydrogen) atoms. The van der Waals surface area contributed by atoms with E-state index in [-0.39, 0.29) is 5.78 Å². The zero-order valence-corrected chi connectivity index (χ0v) is 8.34. The van der Waals surface area contributed by atoms with Crippen LogP contribution in [-0.2, 0) is 0 Å². The number of Topliss-reactive ketones (excluding diaryl/α,β-unsaturated/α-hetero) is 1. The summed E-state index contributed by atoms with van der Waals surface area (Å²) in [4.78, 5) is 11.6. The minimum atomic E-state index is 0.269. The summed E-state index contributed by atoms with van der Waals surface area (Å²) in [5.74, 6) is 0.269. The van der Waals surface area contributed by atoms with Gasteiger partial charge >= 0.3 is 0 Å². The Balaban J connectivity index is 2.66. The van der Waals surface area contributed by atoms with Crippen molar-refractivity contribution in [3.63, 3.8) is 0 Å². The lowest BCUT2D eigenvalue weighted by Crippen LogP contribution is -1.98. The second kappa shape index (κ2) is 4.80. The van der Waals surface area contributed by atoms with Crippen LogP contribution in [0.4, 0.5) is 0 Å². The quantitative estimate of drug-likeness (QED) is 0.643. The molecule has 0 bridgehead atoms. The molecule has 0 amide bonds. The van der Waals surface area contributed by atoms with Crippen LogP contribution >= 0.6 is 0 Å². The molecule has 1 nitrogen and oxygen atoms in total. The average Bonchev–Trinajstić information content (AvgIpc) is 2.14. The minimum Gasteiger partial charge on any atom is -0.294 e. The van der Waals surface area contributed by atoms with Crippen molar-refractivity contribution in [3.8, 4) is 0 Å². The van der Waals surface area contributed by atoms with E-state index in [9.17, 15) is 4.79 Å². The lowest BCUT2D eigenvalue weighted by molar-refractivity contribution is 0.0979. The van der Waals surface area contributed by atoms with Gasteiger partial charge < -0.3 is 0 Å². The van der Waals surface area contributed by atoms with Crippen molar-refractivity contribution in [2.24, 2.45) is 0 Å². The van der Waals surface area contributed by atoms with Gasteiger partial charge in [0, 0.05) is 12.0 Å². The van der Waals surface area contributed by atoms with Crippen LogP contribution in [-0.4, -0.2) is 5.78 Å². The van der Waals surface area contributed by atoms with Gasteiger partial charge in [-0.1, -0.05) is 37.1 Å². The summed E-state index contributed by atoms with van der Waals surface area (Å²) >= 11 is 0. The molecule has 70 valence electrons. The lowest BCUT2D eigenvalue weighted by Gasteiger charge is -2.00.